The van der Waals surface area contributed by atoms with E-state index < -0.39 is 0 Å². The maximum atomic E-state index is 4.74. The van der Waals surface area contributed by atoms with E-state index in [1.54, 1.807) is 15.9 Å². The lowest BCUT2D eigenvalue weighted by molar-refractivity contribution is 0.249. The van der Waals surface area contributed by atoms with Crippen LogP contribution in [0.2, 0.25) is 0 Å². The summed E-state index contributed by atoms with van der Waals surface area (Å²) in [5.74, 6) is 1.47. The van der Waals surface area contributed by atoms with Gasteiger partial charge in [0.25, 0.3) is 5.78 Å². The van der Waals surface area contributed by atoms with Gasteiger partial charge in [-0.3, -0.25) is 4.90 Å². The molecule has 0 spiro atoms. The molecule has 1 N–H and O–H groups in total. The molecule has 1 aliphatic heterocycles. The van der Waals surface area contributed by atoms with Gasteiger partial charge in [0.2, 0.25) is 0 Å². The fourth-order valence-electron chi connectivity index (χ4n) is 4.08. The zero-order chi connectivity index (χ0) is 20.5. The number of rotatable bonds is 7. The van der Waals surface area contributed by atoms with E-state index in [-0.39, 0.29) is 0 Å². The number of benzene rings is 1. The van der Waals surface area contributed by atoms with E-state index in [9.17, 15) is 0 Å². The molecule has 1 aliphatic rings. The van der Waals surface area contributed by atoms with E-state index in [4.69, 9.17) is 4.98 Å². The second kappa shape index (κ2) is 8.25. The van der Waals surface area contributed by atoms with Crippen LogP contribution in [0.3, 0.4) is 0 Å². The second-order valence-corrected chi connectivity index (χ2v) is 9.15. The molecule has 0 saturated heterocycles. The molecule has 156 valence electrons. The molecule has 0 fully saturated rings. The number of thiophene rings is 1. The van der Waals surface area contributed by atoms with Crippen LogP contribution in [-0.4, -0.2) is 68.6 Å². The van der Waals surface area contributed by atoms with Gasteiger partial charge in [-0.1, -0.05) is 35.4 Å². The minimum atomic E-state index is 0.553. The Hall–Kier alpha value is -2.62. The van der Waals surface area contributed by atoms with Gasteiger partial charge in [0.05, 0.1) is 5.39 Å². The van der Waals surface area contributed by atoms with Gasteiger partial charge < -0.3 is 10.2 Å². The highest BCUT2D eigenvalue weighted by molar-refractivity contribution is 7.19. The van der Waals surface area contributed by atoms with E-state index in [0.717, 1.165) is 56.2 Å². The predicted molar refractivity (Wildman–Crippen MR) is 120 cm³/mol. The van der Waals surface area contributed by atoms with Gasteiger partial charge in [0.15, 0.2) is 0 Å². The van der Waals surface area contributed by atoms with Gasteiger partial charge in [-0.05, 0) is 55.0 Å². The van der Waals surface area contributed by atoms with Crippen molar-refractivity contribution in [1.29, 1.82) is 0 Å². The minimum Gasteiger partial charge on any atom is -0.369 e. The molecule has 8 nitrogen and oxygen atoms in total. The Morgan fingerprint density at radius 2 is 2.07 bits per heavy atom. The molecule has 9 heteroatoms. The van der Waals surface area contributed by atoms with Crippen molar-refractivity contribution < 1.29 is 0 Å². The van der Waals surface area contributed by atoms with Crippen molar-refractivity contribution in [2.45, 2.75) is 25.9 Å². The van der Waals surface area contributed by atoms with Crippen LogP contribution in [0, 0.1) is 0 Å². The maximum Gasteiger partial charge on any atom is 0.276 e. The highest BCUT2D eigenvalue weighted by Gasteiger charge is 2.25. The molecule has 0 amide bonds. The maximum absolute atomic E-state index is 4.74. The zero-order valence-corrected chi connectivity index (χ0v) is 18.2. The summed E-state index contributed by atoms with van der Waals surface area (Å²) in [7, 11) is 4.20. The summed E-state index contributed by atoms with van der Waals surface area (Å²) in [5, 5.41) is 16.9. The highest BCUT2D eigenvalue weighted by atomic mass is 32.1. The van der Waals surface area contributed by atoms with Crippen LogP contribution in [0.15, 0.2) is 30.3 Å². The van der Waals surface area contributed by atoms with Gasteiger partial charge in [0, 0.05) is 31.1 Å². The summed E-state index contributed by atoms with van der Waals surface area (Å²) in [6.45, 7) is 4.89. The molecule has 3 aromatic heterocycles. The first-order valence-corrected chi connectivity index (χ1v) is 11.2. The first kappa shape index (κ1) is 19.3. The van der Waals surface area contributed by atoms with Crippen molar-refractivity contribution in [2.24, 2.45) is 0 Å². The summed E-state index contributed by atoms with van der Waals surface area (Å²) in [5.41, 5.74) is 2.76. The Morgan fingerprint density at radius 3 is 2.90 bits per heavy atom. The number of fused-ring (bicyclic) bond motifs is 5. The van der Waals surface area contributed by atoms with Gasteiger partial charge in [-0.15, -0.1) is 11.3 Å². The number of nitrogens with zero attached hydrogens (tertiary/aromatic N) is 7. The number of anilines is 1. The van der Waals surface area contributed by atoms with Gasteiger partial charge >= 0.3 is 0 Å². The Morgan fingerprint density at radius 1 is 1.20 bits per heavy atom. The monoisotopic (exact) mass is 422 g/mol. The third-order valence-electron chi connectivity index (χ3n) is 5.53. The number of aromatic nitrogens is 5. The largest absolute Gasteiger partial charge is 0.369 e. The summed E-state index contributed by atoms with van der Waals surface area (Å²) >= 11 is 1.80. The number of nitrogens with one attached hydrogen (secondary N) is 1. The minimum absolute atomic E-state index is 0.553. The van der Waals surface area contributed by atoms with E-state index in [1.807, 2.05) is 0 Å². The first-order valence-electron chi connectivity index (χ1n) is 10.4. The van der Waals surface area contributed by atoms with Crippen LogP contribution >= 0.6 is 11.3 Å². The van der Waals surface area contributed by atoms with Crippen molar-refractivity contribution in [2.75, 3.05) is 39.0 Å². The van der Waals surface area contributed by atoms with Gasteiger partial charge in [-0.2, -0.15) is 9.50 Å². The molecule has 0 radical (unpaired) electrons. The van der Waals surface area contributed by atoms with Crippen LogP contribution in [0.1, 0.15) is 22.4 Å². The van der Waals surface area contributed by atoms with Gasteiger partial charge in [-0.25, -0.2) is 0 Å². The average Bonchev–Trinajstić information content (AvgIpc) is 3.35. The Bertz CT molecular complexity index is 1150. The molecule has 5 rings (SSSR count). The molecule has 4 aromatic rings. The molecule has 0 aliphatic carbocycles. The molecule has 4 heterocycles. The van der Waals surface area contributed by atoms with Gasteiger partial charge in [0.1, 0.15) is 10.6 Å². The molecular formula is C21H26N8S. The van der Waals surface area contributed by atoms with Crippen molar-refractivity contribution >= 4 is 33.1 Å². The topological polar surface area (TPSA) is 74.5 Å². The normalized spacial score (nSPS) is 14.6. The molecule has 1 aromatic carbocycles. The summed E-state index contributed by atoms with van der Waals surface area (Å²) in [4.78, 5) is 11.9. The van der Waals surface area contributed by atoms with Crippen molar-refractivity contribution in [3.8, 4) is 0 Å². The molecule has 0 bridgehead atoms. The molecular weight excluding hydrogens is 396 g/mol. The van der Waals surface area contributed by atoms with Crippen LogP contribution in [0.25, 0.3) is 16.0 Å². The lowest BCUT2D eigenvalue weighted by Crippen LogP contribution is -2.29. The Balaban J connectivity index is 1.45. The number of hydrogen-bond acceptors (Lipinski definition) is 8. The third kappa shape index (κ3) is 3.76. The predicted octanol–water partition coefficient (Wildman–Crippen LogP) is 2.66. The number of hydrogen-bond donors (Lipinski definition) is 1. The molecule has 0 unspecified atom stereocenters. The summed E-state index contributed by atoms with van der Waals surface area (Å²) in [6, 6.07) is 10.7. The van der Waals surface area contributed by atoms with Crippen LogP contribution in [0.4, 0.5) is 5.82 Å². The second-order valence-electron chi connectivity index (χ2n) is 8.06. The standard InChI is InChI=1S/C21H26N8S/c1-27(2)11-6-10-22-19-18-16-9-12-28(13-15-7-4-3-5-8-15)14-17(16)30-20(18)29-21(23-19)24-25-26-29/h3-5,7-8H,6,9-14H2,1-2H3,(H,22,23,24,26). The first-order chi connectivity index (χ1) is 14.7. The summed E-state index contributed by atoms with van der Waals surface area (Å²) < 4.78 is 1.78. The quantitative estimate of drug-likeness (QED) is 0.459. The Kier molecular flexibility index (Phi) is 5.32. The SMILES string of the molecule is CN(C)CCCNc1nc2nnnn2c2sc3c(c12)CCN(Cc1ccccc1)C3. The molecule has 30 heavy (non-hydrogen) atoms. The third-order valence-corrected chi connectivity index (χ3v) is 6.73. The van der Waals surface area contributed by atoms with Crippen LogP contribution < -0.4 is 5.32 Å². The highest BCUT2D eigenvalue weighted by Crippen LogP contribution is 2.38. The zero-order valence-electron chi connectivity index (χ0n) is 17.4. The molecule has 0 saturated carbocycles. The van der Waals surface area contributed by atoms with E-state index in [0.29, 0.717) is 5.78 Å². The van der Waals surface area contributed by atoms with Crippen LogP contribution in [0.5, 0.6) is 0 Å². The summed E-state index contributed by atoms with van der Waals surface area (Å²) in [6.07, 6.45) is 2.08. The fraction of sp³-hybridized carbons (Fsp3) is 0.429. The smallest absolute Gasteiger partial charge is 0.276 e. The lowest BCUT2D eigenvalue weighted by Gasteiger charge is -2.27. The van der Waals surface area contributed by atoms with Crippen molar-refractivity contribution in [3.63, 3.8) is 0 Å². The van der Waals surface area contributed by atoms with Crippen LogP contribution in [-0.2, 0) is 19.5 Å². The number of tetrazole rings is 1. The lowest BCUT2D eigenvalue weighted by atomic mass is 10.0. The van der Waals surface area contributed by atoms with E-state index >= 15 is 0 Å². The van der Waals surface area contributed by atoms with Crippen molar-refractivity contribution in [1.82, 2.24) is 34.8 Å². The van der Waals surface area contributed by atoms with E-state index in [1.165, 1.54) is 21.4 Å². The van der Waals surface area contributed by atoms with E-state index in [2.05, 4.69) is 75.1 Å². The Labute approximate surface area is 179 Å². The van der Waals surface area contributed by atoms with Crippen molar-refractivity contribution in [3.05, 3.63) is 46.3 Å². The molecule has 0 atom stereocenters. The fourth-order valence-corrected chi connectivity index (χ4v) is 5.42. The average molecular weight is 423 g/mol.